The van der Waals surface area contributed by atoms with Gasteiger partial charge in [-0.1, -0.05) is 0 Å². The predicted octanol–water partition coefficient (Wildman–Crippen LogP) is 1.98. The van der Waals surface area contributed by atoms with Gasteiger partial charge in [-0.25, -0.2) is 0 Å². The van der Waals surface area contributed by atoms with E-state index in [-0.39, 0.29) is 11.8 Å². The van der Waals surface area contributed by atoms with Crippen molar-refractivity contribution in [2.75, 3.05) is 13.7 Å². The third-order valence-electron chi connectivity index (χ3n) is 3.93. The third kappa shape index (κ3) is 2.18. The molecule has 0 aromatic heterocycles. The highest BCUT2D eigenvalue weighted by atomic mass is 16.5. The van der Waals surface area contributed by atoms with Gasteiger partial charge in [0.15, 0.2) is 0 Å². The number of phenols is 1. The lowest BCUT2D eigenvalue weighted by molar-refractivity contribution is 0.106. The minimum Gasteiger partial charge on any atom is -0.508 e. The number of benzene rings is 1. The number of hydrogen-bond donors (Lipinski definition) is 2. The molecule has 4 heteroatoms. The zero-order valence-electron chi connectivity index (χ0n) is 10.6. The van der Waals surface area contributed by atoms with Crippen molar-refractivity contribution in [1.82, 2.24) is 5.32 Å². The predicted molar refractivity (Wildman–Crippen MR) is 67.9 cm³/mol. The fourth-order valence-electron chi connectivity index (χ4n) is 2.93. The second-order valence-electron chi connectivity index (χ2n) is 5.12. The van der Waals surface area contributed by atoms with Crippen LogP contribution in [0.4, 0.5) is 0 Å². The number of aromatic hydroxyl groups is 1. The Bertz CT molecular complexity index is 435. The van der Waals surface area contributed by atoms with Crippen molar-refractivity contribution in [1.29, 1.82) is 0 Å². The molecule has 18 heavy (non-hydrogen) atoms. The first kappa shape index (κ1) is 11.8. The molecule has 1 aromatic rings. The molecule has 1 aliphatic heterocycles. The minimum atomic E-state index is 0.237. The maximum Gasteiger partial charge on any atom is 0.127 e. The molecule has 98 valence electrons. The summed E-state index contributed by atoms with van der Waals surface area (Å²) in [6, 6.07) is 6.08. The normalized spacial score (nSPS) is 30.2. The summed E-state index contributed by atoms with van der Waals surface area (Å²) in [5.74, 6) is 1.06. The second kappa shape index (κ2) is 4.78. The van der Waals surface area contributed by atoms with Crippen molar-refractivity contribution in [3.05, 3.63) is 23.8 Å². The molecule has 2 N–H and O–H groups in total. The van der Waals surface area contributed by atoms with Crippen LogP contribution in [0, 0.1) is 0 Å². The maximum atomic E-state index is 9.42. The van der Waals surface area contributed by atoms with Gasteiger partial charge >= 0.3 is 0 Å². The number of fused-ring (bicyclic) bond motifs is 1. The van der Waals surface area contributed by atoms with Gasteiger partial charge in [-0.15, -0.1) is 0 Å². The van der Waals surface area contributed by atoms with E-state index >= 15 is 0 Å². The number of methoxy groups -OCH3 is 1. The van der Waals surface area contributed by atoms with E-state index in [1.54, 1.807) is 19.2 Å². The molecule has 3 rings (SSSR count). The van der Waals surface area contributed by atoms with Crippen LogP contribution >= 0.6 is 0 Å². The zero-order chi connectivity index (χ0) is 12.5. The van der Waals surface area contributed by atoms with Gasteiger partial charge in [-0.05, 0) is 31.4 Å². The van der Waals surface area contributed by atoms with Crippen molar-refractivity contribution in [2.45, 2.75) is 37.5 Å². The first-order chi connectivity index (χ1) is 8.76. The molecule has 1 fully saturated rings. The van der Waals surface area contributed by atoms with Crippen LogP contribution in [0.2, 0.25) is 0 Å². The van der Waals surface area contributed by atoms with Gasteiger partial charge in [0, 0.05) is 24.8 Å². The van der Waals surface area contributed by atoms with Gasteiger partial charge < -0.3 is 19.9 Å². The maximum absolute atomic E-state index is 9.42. The van der Waals surface area contributed by atoms with Crippen LogP contribution in [0.15, 0.2) is 18.2 Å². The lowest BCUT2D eigenvalue weighted by atomic mass is 10.1. The van der Waals surface area contributed by atoms with Crippen molar-refractivity contribution >= 4 is 0 Å². The summed E-state index contributed by atoms with van der Waals surface area (Å²) in [5.41, 5.74) is 1.15. The number of rotatable bonds is 3. The van der Waals surface area contributed by atoms with Crippen molar-refractivity contribution in [2.24, 2.45) is 0 Å². The number of nitrogens with one attached hydrogen (secondary N) is 1. The Morgan fingerprint density at radius 3 is 3.06 bits per heavy atom. The van der Waals surface area contributed by atoms with Crippen LogP contribution in [-0.2, 0) is 4.74 Å². The Kier molecular flexibility index (Phi) is 3.14. The molecule has 3 unspecified atom stereocenters. The van der Waals surface area contributed by atoms with E-state index in [0.29, 0.717) is 18.8 Å². The minimum absolute atomic E-state index is 0.237. The van der Waals surface area contributed by atoms with Gasteiger partial charge in [0.2, 0.25) is 0 Å². The van der Waals surface area contributed by atoms with E-state index in [2.05, 4.69) is 5.32 Å². The molecule has 1 saturated carbocycles. The topological polar surface area (TPSA) is 50.7 Å². The first-order valence-electron chi connectivity index (χ1n) is 6.51. The molecule has 3 atom stereocenters. The van der Waals surface area contributed by atoms with Crippen molar-refractivity contribution < 1.29 is 14.6 Å². The van der Waals surface area contributed by atoms with Crippen molar-refractivity contribution in [3.8, 4) is 11.5 Å². The quantitative estimate of drug-likeness (QED) is 0.860. The van der Waals surface area contributed by atoms with E-state index < -0.39 is 0 Å². The highest BCUT2D eigenvalue weighted by Gasteiger charge is 2.30. The average Bonchev–Trinajstić information content (AvgIpc) is 2.97. The van der Waals surface area contributed by atoms with Gasteiger partial charge in [0.1, 0.15) is 18.1 Å². The molecule has 1 aliphatic carbocycles. The molecule has 0 saturated heterocycles. The molecule has 0 radical (unpaired) electrons. The van der Waals surface area contributed by atoms with Crippen molar-refractivity contribution in [3.63, 3.8) is 0 Å². The van der Waals surface area contributed by atoms with Crippen LogP contribution in [0.25, 0.3) is 0 Å². The Morgan fingerprint density at radius 2 is 2.28 bits per heavy atom. The largest absolute Gasteiger partial charge is 0.508 e. The number of phenolic OH excluding ortho intramolecular Hbond substituents is 1. The van der Waals surface area contributed by atoms with E-state index in [1.165, 1.54) is 0 Å². The molecule has 0 amide bonds. The van der Waals surface area contributed by atoms with Gasteiger partial charge in [0.25, 0.3) is 0 Å². The lowest BCUT2D eigenvalue weighted by Gasteiger charge is -2.18. The smallest absolute Gasteiger partial charge is 0.127 e. The molecular weight excluding hydrogens is 230 g/mol. The molecule has 0 spiro atoms. The van der Waals surface area contributed by atoms with E-state index in [9.17, 15) is 5.11 Å². The van der Waals surface area contributed by atoms with Gasteiger partial charge in [-0.3, -0.25) is 0 Å². The Balaban J connectivity index is 1.66. The van der Waals surface area contributed by atoms with Crippen LogP contribution in [0.3, 0.4) is 0 Å². The highest BCUT2D eigenvalue weighted by molar-refractivity contribution is 5.44. The molecule has 0 bridgehead atoms. The SMILES string of the molecule is COC1CCC(NC2COc3cc(O)ccc32)C1. The highest BCUT2D eigenvalue weighted by Crippen LogP contribution is 2.36. The van der Waals surface area contributed by atoms with Crippen LogP contribution in [-0.4, -0.2) is 31.0 Å². The standard InChI is InChI=1S/C14H19NO3/c1-17-11-4-2-9(6-11)15-13-8-18-14-7-10(16)3-5-12(13)14/h3,5,7,9,11,13,15-16H,2,4,6,8H2,1H3. The molecule has 4 nitrogen and oxygen atoms in total. The van der Waals surface area contributed by atoms with Crippen LogP contribution < -0.4 is 10.1 Å². The molecule has 1 aromatic carbocycles. The Hall–Kier alpha value is -1.26. The summed E-state index contributed by atoms with van der Waals surface area (Å²) < 4.78 is 11.0. The molecule has 2 aliphatic rings. The summed E-state index contributed by atoms with van der Waals surface area (Å²) in [4.78, 5) is 0. The first-order valence-corrected chi connectivity index (χ1v) is 6.51. The number of hydrogen-bond acceptors (Lipinski definition) is 4. The Morgan fingerprint density at radius 1 is 1.39 bits per heavy atom. The van der Waals surface area contributed by atoms with Crippen LogP contribution in [0.1, 0.15) is 30.9 Å². The van der Waals surface area contributed by atoms with E-state index in [4.69, 9.17) is 9.47 Å². The van der Waals surface area contributed by atoms with Crippen LogP contribution in [0.5, 0.6) is 11.5 Å². The molecular formula is C14H19NO3. The van der Waals surface area contributed by atoms with Gasteiger partial charge in [-0.2, -0.15) is 0 Å². The lowest BCUT2D eigenvalue weighted by Crippen LogP contribution is -2.32. The van der Waals surface area contributed by atoms with Gasteiger partial charge in [0.05, 0.1) is 12.1 Å². The van der Waals surface area contributed by atoms with E-state index in [0.717, 1.165) is 30.6 Å². The summed E-state index contributed by atoms with van der Waals surface area (Å²) in [6.45, 7) is 0.646. The fraction of sp³-hybridized carbons (Fsp3) is 0.571. The summed E-state index contributed by atoms with van der Waals surface area (Å²) in [5, 5.41) is 13.0. The number of ether oxygens (including phenoxy) is 2. The monoisotopic (exact) mass is 249 g/mol. The second-order valence-corrected chi connectivity index (χ2v) is 5.12. The third-order valence-corrected chi connectivity index (χ3v) is 3.93. The molecule has 1 heterocycles. The van der Waals surface area contributed by atoms with E-state index in [1.807, 2.05) is 6.07 Å². The summed E-state index contributed by atoms with van der Waals surface area (Å²) in [6.07, 6.45) is 3.75. The zero-order valence-corrected chi connectivity index (χ0v) is 10.6. The summed E-state index contributed by atoms with van der Waals surface area (Å²) in [7, 11) is 1.78. The fourth-order valence-corrected chi connectivity index (χ4v) is 2.93. The Labute approximate surface area is 107 Å². The average molecular weight is 249 g/mol. The summed E-state index contributed by atoms with van der Waals surface area (Å²) >= 11 is 0.